The van der Waals surface area contributed by atoms with E-state index in [-0.39, 0.29) is 11.3 Å². The van der Waals surface area contributed by atoms with E-state index in [0.717, 1.165) is 25.9 Å². The first-order chi connectivity index (χ1) is 12.8. The number of nitrogens with two attached hydrogens (primary N) is 1. The van der Waals surface area contributed by atoms with Crippen LogP contribution in [0.2, 0.25) is 0 Å². The van der Waals surface area contributed by atoms with E-state index in [1.54, 1.807) is 13.1 Å². The smallest absolute Gasteiger partial charge is 0.369 e. The molecule has 1 saturated heterocycles. The number of halogens is 3. The van der Waals surface area contributed by atoms with Crippen molar-refractivity contribution in [2.75, 3.05) is 20.1 Å². The Labute approximate surface area is 154 Å². The number of aryl methyl sites for hydroxylation is 2. The summed E-state index contributed by atoms with van der Waals surface area (Å²) >= 11 is 0. The lowest BCUT2D eigenvalue weighted by Gasteiger charge is -2.16. The molecule has 0 saturated carbocycles. The molecule has 10 heteroatoms. The molecule has 2 aromatic rings. The minimum atomic E-state index is -4.50. The molecule has 0 aliphatic carbocycles. The highest BCUT2D eigenvalue weighted by molar-refractivity contribution is 5.95. The number of rotatable bonds is 3. The van der Waals surface area contributed by atoms with Crippen molar-refractivity contribution in [3.63, 3.8) is 0 Å². The summed E-state index contributed by atoms with van der Waals surface area (Å²) in [5.74, 6) is 1.04. The summed E-state index contributed by atoms with van der Waals surface area (Å²) in [6.45, 7) is 3.15. The molecule has 1 fully saturated rings. The Balaban J connectivity index is 1.74. The van der Waals surface area contributed by atoms with Crippen molar-refractivity contribution in [1.82, 2.24) is 19.5 Å². The zero-order valence-corrected chi connectivity index (χ0v) is 15.3. The number of hydrogen-bond acceptors (Lipinski definition) is 3. The van der Waals surface area contributed by atoms with Gasteiger partial charge in [0.15, 0.2) is 17.3 Å². The van der Waals surface area contributed by atoms with E-state index >= 15 is 0 Å². The number of likely N-dealkylation sites (tertiary alicyclic amines) is 1. The van der Waals surface area contributed by atoms with Gasteiger partial charge in [0.1, 0.15) is 5.84 Å². The van der Waals surface area contributed by atoms with Crippen molar-refractivity contribution in [3.8, 4) is 0 Å². The lowest BCUT2D eigenvalue weighted by molar-refractivity contribution is -0.141. The second-order valence-corrected chi connectivity index (χ2v) is 6.44. The standard InChI is InChI=1S/C17H22F3N7/c1-11-15(17(18,19)20)24-14-8-6-12(25-27(11)14)5-7-13(22-2)23-16(21)26-9-3-4-10-26/h6,8H,3-5,7,9-10H2,1-2H3,(H2,21,22,23). The van der Waals surface area contributed by atoms with Gasteiger partial charge in [0, 0.05) is 26.6 Å². The van der Waals surface area contributed by atoms with E-state index in [9.17, 15) is 13.2 Å². The first-order valence-electron chi connectivity index (χ1n) is 8.77. The van der Waals surface area contributed by atoms with Gasteiger partial charge in [-0.2, -0.15) is 18.3 Å². The van der Waals surface area contributed by atoms with Crippen molar-refractivity contribution in [2.45, 2.75) is 38.8 Å². The third-order valence-electron chi connectivity index (χ3n) is 4.56. The average Bonchev–Trinajstić information content (AvgIpc) is 3.26. The molecule has 3 rings (SSSR count). The van der Waals surface area contributed by atoms with Crippen LogP contribution in [-0.4, -0.2) is 51.4 Å². The van der Waals surface area contributed by atoms with Crippen LogP contribution < -0.4 is 5.73 Å². The lowest BCUT2D eigenvalue weighted by atomic mass is 10.2. The van der Waals surface area contributed by atoms with Crippen molar-refractivity contribution < 1.29 is 13.2 Å². The Morgan fingerprint density at radius 1 is 1.26 bits per heavy atom. The SMILES string of the molecule is CN=C(CCc1ccc2nc(C(F)(F)F)c(C)n2n1)N=C(N)N1CCCC1. The van der Waals surface area contributed by atoms with Gasteiger partial charge in [0.2, 0.25) is 0 Å². The molecular formula is C17H22F3N7. The average molecular weight is 381 g/mol. The number of hydrogen-bond donors (Lipinski definition) is 1. The number of aliphatic imine (C=N–C) groups is 2. The first kappa shape index (κ1) is 19.1. The molecular weight excluding hydrogens is 359 g/mol. The summed E-state index contributed by atoms with van der Waals surface area (Å²) in [7, 11) is 1.64. The molecule has 3 heterocycles. The van der Waals surface area contributed by atoms with Gasteiger partial charge in [-0.1, -0.05) is 0 Å². The molecule has 0 amide bonds. The van der Waals surface area contributed by atoms with E-state index in [1.165, 1.54) is 17.5 Å². The fourth-order valence-corrected chi connectivity index (χ4v) is 3.09. The van der Waals surface area contributed by atoms with Crippen LogP contribution in [0.4, 0.5) is 13.2 Å². The highest BCUT2D eigenvalue weighted by Crippen LogP contribution is 2.31. The lowest BCUT2D eigenvalue weighted by Crippen LogP contribution is -2.35. The molecule has 7 nitrogen and oxygen atoms in total. The second-order valence-electron chi connectivity index (χ2n) is 6.44. The van der Waals surface area contributed by atoms with Crippen LogP contribution in [0.1, 0.15) is 36.3 Å². The molecule has 0 atom stereocenters. The summed E-state index contributed by atoms with van der Waals surface area (Å²) in [6, 6.07) is 3.21. The minimum Gasteiger partial charge on any atom is -0.369 e. The summed E-state index contributed by atoms with van der Waals surface area (Å²) < 4.78 is 40.2. The number of imidazole rings is 1. The van der Waals surface area contributed by atoms with Crippen LogP contribution in [0.3, 0.4) is 0 Å². The van der Waals surface area contributed by atoms with Gasteiger partial charge in [0.05, 0.1) is 11.4 Å². The van der Waals surface area contributed by atoms with Gasteiger partial charge in [0.25, 0.3) is 0 Å². The van der Waals surface area contributed by atoms with Crippen LogP contribution in [0.25, 0.3) is 5.65 Å². The Hall–Kier alpha value is -2.65. The number of aromatic nitrogens is 3. The van der Waals surface area contributed by atoms with Crippen LogP contribution in [-0.2, 0) is 12.6 Å². The van der Waals surface area contributed by atoms with Crippen molar-refractivity contribution in [2.24, 2.45) is 15.7 Å². The second kappa shape index (κ2) is 7.53. The maximum Gasteiger partial charge on any atom is 0.435 e. The Morgan fingerprint density at radius 2 is 1.96 bits per heavy atom. The molecule has 1 aliphatic rings. The van der Waals surface area contributed by atoms with Gasteiger partial charge in [-0.3, -0.25) is 4.99 Å². The van der Waals surface area contributed by atoms with Crippen LogP contribution in [0.5, 0.6) is 0 Å². The first-order valence-corrected chi connectivity index (χ1v) is 8.77. The monoisotopic (exact) mass is 381 g/mol. The molecule has 0 unspecified atom stereocenters. The maximum atomic E-state index is 13.0. The summed E-state index contributed by atoms with van der Waals surface area (Å²) in [4.78, 5) is 14.2. The van der Waals surface area contributed by atoms with E-state index in [2.05, 4.69) is 20.1 Å². The molecule has 2 N–H and O–H groups in total. The predicted molar refractivity (Wildman–Crippen MR) is 96.8 cm³/mol. The van der Waals surface area contributed by atoms with Crippen molar-refractivity contribution in [3.05, 3.63) is 29.2 Å². The number of amidine groups is 1. The summed E-state index contributed by atoms with van der Waals surface area (Å²) in [5.41, 5.74) is 5.89. The Morgan fingerprint density at radius 3 is 2.59 bits per heavy atom. The van der Waals surface area contributed by atoms with Crippen LogP contribution in [0.15, 0.2) is 22.1 Å². The molecule has 1 aliphatic heterocycles. The molecule has 0 radical (unpaired) electrons. The van der Waals surface area contributed by atoms with E-state index in [1.807, 2.05) is 4.90 Å². The third-order valence-corrected chi connectivity index (χ3v) is 4.56. The van der Waals surface area contributed by atoms with Crippen LogP contribution in [0, 0.1) is 6.92 Å². The fourth-order valence-electron chi connectivity index (χ4n) is 3.09. The molecule has 2 aromatic heterocycles. The largest absolute Gasteiger partial charge is 0.435 e. The van der Waals surface area contributed by atoms with Crippen molar-refractivity contribution >= 4 is 17.4 Å². The van der Waals surface area contributed by atoms with Gasteiger partial charge in [-0.05, 0) is 38.3 Å². The molecule has 0 bridgehead atoms. The van der Waals surface area contributed by atoms with E-state index in [4.69, 9.17) is 5.73 Å². The molecule has 0 spiro atoms. The fraction of sp³-hybridized carbons (Fsp3) is 0.529. The molecule has 146 valence electrons. The number of fused-ring (bicyclic) bond motifs is 1. The number of nitrogens with zero attached hydrogens (tertiary/aromatic N) is 6. The highest BCUT2D eigenvalue weighted by Gasteiger charge is 2.36. The van der Waals surface area contributed by atoms with Gasteiger partial charge in [-0.15, -0.1) is 0 Å². The topological polar surface area (TPSA) is 84.2 Å². The zero-order valence-electron chi connectivity index (χ0n) is 15.3. The Kier molecular flexibility index (Phi) is 5.33. The Bertz CT molecular complexity index is 877. The maximum absolute atomic E-state index is 13.0. The van der Waals surface area contributed by atoms with Gasteiger partial charge in [-0.25, -0.2) is 14.5 Å². The normalized spacial score (nSPS) is 16.6. The molecule has 0 aromatic carbocycles. The van der Waals surface area contributed by atoms with Gasteiger partial charge < -0.3 is 10.6 Å². The van der Waals surface area contributed by atoms with E-state index in [0.29, 0.717) is 30.3 Å². The minimum absolute atomic E-state index is 0.0277. The third kappa shape index (κ3) is 4.20. The van der Waals surface area contributed by atoms with Crippen LogP contribution >= 0.6 is 0 Å². The van der Waals surface area contributed by atoms with Crippen molar-refractivity contribution in [1.29, 1.82) is 0 Å². The summed E-state index contributed by atoms with van der Waals surface area (Å²) in [5, 5.41) is 4.28. The predicted octanol–water partition coefficient (Wildman–Crippen LogP) is 2.43. The van der Waals surface area contributed by atoms with Gasteiger partial charge >= 0.3 is 6.18 Å². The summed E-state index contributed by atoms with van der Waals surface area (Å²) in [6.07, 6.45) is -1.32. The van der Waals surface area contributed by atoms with E-state index < -0.39 is 11.9 Å². The zero-order chi connectivity index (χ0) is 19.6. The molecule has 27 heavy (non-hydrogen) atoms. The highest BCUT2D eigenvalue weighted by atomic mass is 19.4. The quantitative estimate of drug-likeness (QED) is 0.654. The number of guanidine groups is 1. The number of alkyl halides is 3.